The molecule has 1 fully saturated rings. The highest BCUT2D eigenvalue weighted by molar-refractivity contribution is 5.65. The van der Waals surface area contributed by atoms with Crippen LogP contribution in [0.15, 0.2) is 12.1 Å². The quantitative estimate of drug-likeness (QED) is 0.724. The minimum atomic E-state index is -0.447. The maximum absolute atomic E-state index is 13.2. The summed E-state index contributed by atoms with van der Waals surface area (Å²) < 4.78 is 18.5. The molecule has 1 aromatic carbocycles. The van der Waals surface area contributed by atoms with Gasteiger partial charge in [0.2, 0.25) is 0 Å². The SMILES string of the molecule is Nc1cc(F)c(OCC2CC2)cc1N. The Morgan fingerprint density at radius 2 is 1.93 bits per heavy atom. The maximum Gasteiger partial charge on any atom is 0.167 e. The van der Waals surface area contributed by atoms with Gasteiger partial charge in [0.1, 0.15) is 0 Å². The minimum Gasteiger partial charge on any atom is -0.490 e. The molecule has 14 heavy (non-hydrogen) atoms. The fourth-order valence-electron chi connectivity index (χ4n) is 1.19. The third kappa shape index (κ3) is 1.89. The normalized spacial score (nSPS) is 15.5. The number of ether oxygens (including phenoxy) is 1. The molecule has 3 nitrogen and oxygen atoms in total. The Morgan fingerprint density at radius 3 is 2.57 bits per heavy atom. The number of hydrogen-bond acceptors (Lipinski definition) is 3. The molecule has 4 N–H and O–H groups in total. The van der Waals surface area contributed by atoms with Gasteiger partial charge in [0.15, 0.2) is 11.6 Å². The van der Waals surface area contributed by atoms with Crippen molar-refractivity contribution in [2.24, 2.45) is 5.92 Å². The smallest absolute Gasteiger partial charge is 0.167 e. The van der Waals surface area contributed by atoms with Crippen molar-refractivity contribution in [1.29, 1.82) is 0 Å². The van der Waals surface area contributed by atoms with Crippen LogP contribution in [0, 0.1) is 11.7 Å². The van der Waals surface area contributed by atoms with Gasteiger partial charge < -0.3 is 16.2 Å². The number of halogens is 1. The van der Waals surface area contributed by atoms with Crippen LogP contribution in [0.5, 0.6) is 5.75 Å². The molecule has 0 radical (unpaired) electrons. The zero-order valence-electron chi connectivity index (χ0n) is 7.79. The van der Waals surface area contributed by atoms with Crippen LogP contribution in [-0.4, -0.2) is 6.61 Å². The van der Waals surface area contributed by atoms with E-state index in [2.05, 4.69) is 0 Å². The van der Waals surface area contributed by atoms with E-state index >= 15 is 0 Å². The Bertz CT molecular complexity index is 350. The molecule has 0 aliphatic heterocycles. The second-order valence-electron chi connectivity index (χ2n) is 3.67. The second kappa shape index (κ2) is 3.36. The number of anilines is 2. The highest BCUT2D eigenvalue weighted by atomic mass is 19.1. The summed E-state index contributed by atoms with van der Waals surface area (Å²) in [6, 6.07) is 2.63. The zero-order chi connectivity index (χ0) is 10.1. The van der Waals surface area contributed by atoms with E-state index in [1.54, 1.807) is 0 Å². The fraction of sp³-hybridized carbons (Fsp3) is 0.400. The van der Waals surface area contributed by atoms with Crippen LogP contribution < -0.4 is 16.2 Å². The van der Waals surface area contributed by atoms with Crippen molar-refractivity contribution in [2.45, 2.75) is 12.8 Å². The number of rotatable bonds is 3. The molecule has 0 amide bonds. The average Bonchev–Trinajstić information content (AvgIpc) is 2.92. The lowest BCUT2D eigenvalue weighted by Crippen LogP contribution is -2.03. The van der Waals surface area contributed by atoms with E-state index in [9.17, 15) is 4.39 Å². The third-order valence-electron chi connectivity index (χ3n) is 2.31. The average molecular weight is 196 g/mol. The van der Waals surface area contributed by atoms with Crippen molar-refractivity contribution in [2.75, 3.05) is 18.1 Å². The molecule has 1 aliphatic carbocycles. The largest absolute Gasteiger partial charge is 0.490 e. The zero-order valence-corrected chi connectivity index (χ0v) is 7.79. The topological polar surface area (TPSA) is 61.3 Å². The molecule has 76 valence electrons. The van der Waals surface area contributed by atoms with Crippen LogP contribution in [-0.2, 0) is 0 Å². The van der Waals surface area contributed by atoms with Gasteiger partial charge in [-0.1, -0.05) is 0 Å². The van der Waals surface area contributed by atoms with E-state index in [1.807, 2.05) is 0 Å². The van der Waals surface area contributed by atoms with Crippen LogP contribution in [0.4, 0.5) is 15.8 Å². The van der Waals surface area contributed by atoms with Crippen LogP contribution in [0.1, 0.15) is 12.8 Å². The summed E-state index contributed by atoms with van der Waals surface area (Å²) >= 11 is 0. The maximum atomic E-state index is 13.2. The molecule has 1 aromatic rings. The molecule has 1 saturated carbocycles. The molecule has 0 atom stereocenters. The van der Waals surface area contributed by atoms with E-state index in [1.165, 1.54) is 25.0 Å². The summed E-state index contributed by atoms with van der Waals surface area (Å²) in [7, 11) is 0. The molecule has 0 bridgehead atoms. The number of benzene rings is 1. The monoisotopic (exact) mass is 196 g/mol. The first kappa shape index (κ1) is 9.12. The van der Waals surface area contributed by atoms with Crippen molar-refractivity contribution in [3.05, 3.63) is 17.9 Å². The molecular formula is C10H13FN2O. The van der Waals surface area contributed by atoms with E-state index in [4.69, 9.17) is 16.2 Å². The van der Waals surface area contributed by atoms with Crippen molar-refractivity contribution in [3.8, 4) is 5.75 Å². The summed E-state index contributed by atoms with van der Waals surface area (Å²) in [5.41, 5.74) is 11.6. The number of nitrogens with two attached hydrogens (primary N) is 2. The summed E-state index contributed by atoms with van der Waals surface area (Å²) in [6.07, 6.45) is 2.35. The van der Waals surface area contributed by atoms with Crippen LogP contribution in [0.25, 0.3) is 0 Å². The Morgan fingerprint density at radius 1 is 1.29 bits per heavy atom. The molecule has 2 rings (SSSR count). The highest BCUT2D eigenvalue weighted by Gasteiger charge is 2.22. The van der Waals surface area contributed by atoms with Gasteiger partial charge in [-0.05, 0) is 18.8 Å². The van der Waals surface area contributed by atoms with Crippen LogP contribution in [0.3, 0.4) is 0 Å². The van der Waals surface area contributed by atoms with Gasteiger partial charge in [0.05, 0.1) is 18.0 Å². The van der Waals surface area contributed by atoms with E-state index in [0.29, 0.717) is 18.2 Å². The Labute approximate surface area is 81.8 Å². The van der Waals surface area contributed by atoms with Crippen molar-refractivity contribution >= 4 is 11.4 Å². The van der Waals surface area contributed by atoms with E-state index in [0.717, 1.165) is 0 Å². The predicted molar refractivity (Wildman–Crippen MR) is 53.4 cm³/mol. The summed E-state index contributed by atoms with van der Waals surface area (Å²) in [4.78, 5) is 0. The molecule has 0 spiro atoms. The van der Waals surface area contributed by atoms with Gasteiger partial charge in [-0.2, -0.15) is 0 Å². The lowest BCUT2D eigenvalue weighted by atomic mass is 10.2. The first-order chi connectivity index (χ1) is 6.66. The lowest BCUT2D eigenvalue weighted by molar-refractivity contribution is 0.285. The Kier molecular flexibility index (Phi) is 2.19. The van der Waals surface area contributed by atoms with E-state index in [-0.39, 0.29) is 11.4 Å². The Balaban J connectivity index is 2.10. The summed E-state index contributed by atoms with van der Waals surface area (Å²) in [5, 5.41) is 0. The van der Waals surface area contributed by atoms with Gasteiger partial charge in [-0.3, -0.25) is 0 Å². The third-order valence-corrected chi connectivity index (χ3v) is 2.31. The fourth-order valence-corrected chi connectivity index (χ4v) is 1.19. The predicted octanol–water partition coefficient (Wildman–Crippen LogP) is 1.78. The van der Waals surface area contributed by atoms with Crippen molar-refractivity contribution in [3.63, 3.8) is 0 Å². The lowest BCUT2D eigenvalue weighted by Gasteiger charge is -2.08. The van der Waals surface area contributed by atoms with Gasteiger partial charge >= 0.3 is 0 Å². The first-order valence-corrected chi connectivity index (χ1v) is 4.64. The number of hydrogen-bond donors (Lipinski definition) is 2. The van der Waals surface area contributed by atoms with Crippen LogP contribution >= 0.6 is 0 Å². The van der Waals surface area contributed by atoms with E-state index < -0.39 is 5.82 Å². The molecule has 4 heteroatoms. The van der Waals surface area contributed by atoms with Gasteiger partial charge in [-0.15, -0.1) is 0 Å². The van der Waals surface area contributed by atoms with Gasteiger partial charge in [0.25, 0.3) is 0 Å². The highest BCUT2D eigenvalue weighted by Crippen LogP contribution is 2.31. The molecular weight excluding hydrogens is 183 g/mol. The molecule has 0 heterocycles. The van der Waals surface area contributed by atoms with Crippen molar-refractivity contribution < 1.29 is 9.13 Å². The molecule has 0 aromatic heterocycles. The minimum absolute atomic E-state index is 0.198. The molecule has 1 aliphatic rings. The second-order valence-corrected chi connectivity index (χ2v) is 3.67. The summed E-state index contributed by atoms with van der Waals surface area (Å²) in [6.45, 7) is 0.570. The van der Waals surface area contributed by atoms with Crippen molar-refractivity contribution in [1.82, 2.24) is 0 Å². The van der Waals surface area contributed by atoms with Gasteiger partial charge in [-0.25, -0.2) is 4.39 Å². The number of nitrogen functional groups attached to an aromatic ring is 2. The first-order valence-electron chi connectivity index (χ1n) is 4.64. The summed E-state index contributed by atoms with van der Waals surface area (Å²) in [5.74, 6) is 0.342. The standard InChI is InChI=1S/C10H13FN2O/c11-7-3-8(12)9(13)4-10(7)14-5-6-1-2-6/h3-4,6H,1-2,5,12-13H2. The van der Waals surface area contributed by atoms with Gasteiger partial charge in [0, 0.05) is 12.1 Å². The molecule has 0 saturated heterocycles. The Hall–Kier alpha value is -1.45. The molecule has 0 unspecified atom stereocenters. The van der Waals surface area contributed by atoms with Crippen LogP contribution in [0.2, 0.25) is 0 Å².